The third-order valence-electron chi connectivity index (χ3n) is 6.09. The first-order valence-corrected chi connectivity index (χ1v) is 9.39. The van der Waals surface area contributed by atoms with Crippen LogP contribution < -0.4 is 0 Å². The lowest BCUT2D eigenvalue weighted by Gasteiger charge is -2.51. The quantitative estimate of drug-likeness (QED) is 0.807. The molecule has 3 heterocycles. The molecule has 1 spiro atoms. The minimum Gasteiger partial charge on any atom is -0.381 e. The van der Waals surface area contributed by atoms with E-state index in [1.165, 1.54) is 71.1 Å². The van der Waals surface area contributed by atoms with E-state index in [1.807, 2.05) is 0 Å². The van der Waals surface area contributed by atoms with Gasteiger partial charge < -0.3 is 9.64 Å². The Morgan fingerprint density at radius 3 is 2.52 bits per heavy atom. The number of piperidine rings is 2. The topological polar surface area (TPSA) is 15.7 Å². The predicted octanol–water partition coefficient (Wildman–Crippen LogP) is 2.66. The van der Waals surface area contributed by atoms with E-state index < -0.39 is 0 Å². The van der Waals surface area contributed by atoms with Crippen molar-refractivity contribution in [3.8, 4) is 0 Å². The highest BCUT2D eigenvalue weighted by Crippen LogP contribution is 2.39. The fourth-order valence-corrected chi connectivity index (χ4v) is 4.98. The maximum Gasteiger partial charge on any atom is 0.0483 e. The summed E-state index contributed by atoms with van der Waals surface area (Å²) in [6.07, 6.45) is 9.17. The van der Waals surface area contributed by atoms with Gasteiger partial charge in [-0.25, -0.2) is 0 Å². The van der Waals surface area contributed by atoms with Crippen molar-refractivity contribution in [1.29, 1.82) is 0 Å². The lowest BCUT2D eigenvalue weighted by atomic mass is 9.79. The van der Waals surface area contributed by atoms with Gasteiger partial charge in [-0.2, -0.15) is 12.6 Å². The summed E-state index contributed by atoms with van der Waals surface area (Å²) in [4.78, 5) is 5.30. The molecule has 0 N–H and O–H groups in total. The Hall–Kier alpha value is 0.230. The molecule has 0 aromatic carbocycles. The minimum absolute atomic E-state index is 0.411. The van der Waals surface area contributed by atoms with Crippen molar-refractivity contribution in [3.63, 3.8) is 0 Å². The van der Waals surface area contributed by atoms with Crippen LogP contribution in [-0.4, -0.2) is 67.0 Å². The van der Waals surface area contributed by atoms with Crippen LogP contribution in [0.25, 0.3) is 0 Å². The molecular formula is C17H32N2OS. The highest BCUT2D eigenvalue weighted by atomic mass is 32.1. The van der Waals surface area contributed by atoms with Crippen molar-refractivity contribution in [2.24, 2.45) is 5.92 Å². The van der Waals surface area contributed by atoms with Crippen molar-refractivity contribution >= 4 is 12.6 Å². The molecule has 0 radical (unpaired) electrons. The van der Waals surface area contributed by atoms with Crippen molar-refractivity contribution < 1.29 is 4.74 Å². The molecule has 3 saturated heterocycles. The highest BCUT2D eigenvalue weighted by molar-refractivity contribution is 7.80. The monoisotopic (exact) mass is 312 g/mol. The molecule has 3 rings (SSSR count). The van der Waals surface area contributed by atoms with Crippen LogP contribution in [0.3, 0.4) is 0 Å². The summed E-state index contributed by atoms with van der Waals surface area (Å²) in [5.74, 6) is 0.951. The van der Waals surface area contributed by atoms with Gasteiger partial charge in [-0.15, -0.1) is 0 Å². The van der Waals surface area contributed by atoms with Gasteiger partial charge in [-0.3, -0.25) is 4.90 Å². The Balaban J connectivity index is 1.54. The van der Waals surface area contributed by atoms with Crippen LogP contribution in [-0.2, 0) is 4.74 Å². The molecule has 0 amide bonds. The zero-order valence-electron chi connectivity index (χ0n) is 13.6. The van der Waals surface area contributed by atoms with E-state index in [0.717, 1.165) is 19.1 Å². The summed E-state index contributed by atoms with van der Waals surface area (Å²) in [6.45, 7) is 7.04. The highest BCUT2D eigenvalue weighted by Gasteiger charge is 2.42. The number of nitrogens with zero attached hydrogens (tertiary/aromatic N) is 2. The van der Waals surface area contributed by atoms with Gasteiger partial charge in [0.05, 0.1) is 0 Å². The standard InChI is InChI=1S/C17H32N2OS/c1-18-8-2-15(3-9-18)4-10-19-11-5-16(21)14-17(19)6-12-20-13-7-17/h15-16,21H,2-14H2,1H3. The van der Waals surface area contributed by atoms with Crippen LogP contribution in [0.4, 0.5) is 0 Å². The van der Waals surface area contributed by atoms with Crippen LogP contribution in [0, 0.1) is 5.92 Å². The average molecular weight is 313 g/mol. The molecule has 3 aliphatic heterocycles. The summed E-state index contributed by atoms with van der Waals surface area (Å²) in [5, 5.41) is 0.600. The molecule has 21 heavy (non-hydrogen) atoms. The molecule has 3 fully saturated rings. The Bertz CT molecular complexity index is 325. The first kappa shape index (κ1) is 16.1. The first-order chi connectivity index (χ1) is 10.2. The Morgan fingerprint density at radius 2 is 1.81 bits per heavy atom. The molecule has 3 nitrogen and oxygen atoms in total. The number of hydrogen-bond donors (Lipinski definition) is 1. The summed E-state index contributed by atoms with van der Waals surface area (Å²) in [6, 6.07) is 0. The number of likely N-dealkylation sites (tertiary alicyclic amines) is 2. The van der Waals surface area contributed by atoms with E-state index in [4.69, 9.17) is 17.4 Å². The summed E-state index contributed by atoms with van der Waals surface area (Å²) in [7, 11) is 2.25. The van der Waals surface area contributed by atoms with Crippen molar-refractivity contribution in [3.05, 3.63) is 0 Å². The van der Waals surface area contributed by atoms with E-state index in [0.29, 0.717) is 10.8 Å². The molecule has 3 aliphatic rings. The van der Waals surface area contributed by atoms with Crippen LogP contribution in [0.2, 0.25) is 0 Å². The van der Waals surface area contributed by atoms with Gasteiger partial charge in [0.1, 0.15) is 0 Å². The zero-order chi connectivity index (χ0) is 14.7. The lowest BCUT2D eigenvalue weighted by Crippen LogP contribution is -2.57. The first-order valence-electron chi connectivity index (χ1n) is 8.87. The van der Waals surface area contributed by atoms with Crippen LogP contribution in [0.5, 0.6) is 0 Å². The van der Waals surface area contributed by atoms with E-state index in [1.54, 1.807) is 0 Å². The van der Waals surface area contributed by atoms with Gasteiger partial charge >= 0.3 is 0 Å². The molecule has 0 aliphatic carbocycles. The smallest absolute Gasteiger partial charge is 0.0483 e. The maximum atomic E-state index is 5.63. The summed E-state index contributed by atoms with van der Waals surface area (Å²) in [5.41, 5.74) is 0.411. The SMILES string of the molecule is CN1CCC(CCN2CCC(S)CC23CCOCC3)CC1. The molecule has 1 atom stereocenters. The summed E-state index contributed by atoms with van der Waals surface area (Å²) < 4.78 is 5.63. The van der Waals surface area contributed by atoms with E-state index in [-0.39, 0.29) is 0 Å². The van der Waals surface area contributed by atoms with Crippen molar-refractivity contribution in [1.82, 2.24) is 9.80 Å². The van der Waals surface area contributed by atoms with Gasteiger partial charge in [-0.1, -0.05) is 0 Å². The predicted molar refractivity (Wildman–Crippen MR) is 91.2 cm³/mol. The van der Waals surface area contributed by atoms with Gasteiger partial charge in [0.25, 0.3) is 0 Å². The number of thiol groups is 1. The average Bonchev–Trinajstić information content (AvgIpc) is 2.49. The van der Waals surface area contributed by atoms with Crippen LogP contribution in [0.15, 0.2) is 0 Å². The normalized spacial score (nSPS) is 32.6. The fraction of sp³-hybridized carbons (Fsp3) is 1.00. The minimum atomic E-state index is 0.411. The second-order valence-corrected chi connectivity index (χ2v) is 8.24. The fourth-order valence-electron chi connectivity index (χ4n) is 4.52. The zero-order valence-corrected chi connectivity index (χ0v) is 14.5. The molecule has 122 valence electrons. The Kier molecular flexibility index (Phi) is 5.52. The molecule has 0 bridgehead atoms. The molecule has 0 aromatic heterocycles. The Labute approximate surface area is 135 Å². The molecule has 0 aromatic rings. The number of hydrogen-bond acceptors (Lipinski definition) is 4. The second-order valence-electron chi connectivity index (χ2n) is 7.51. The van der Waals surface area contributed by atoms with Gasteiger partial charge in [0, 0.05) is 24.0 Å². The summed E-state index contributed by atoms with van der Waals surface area (Å²) >= 11 is 4.79. The van der Waals surface area contributed by atoms with Gasteiger partial charge in [-0.05, 0) is 84.1 Å². The third-order valence-corrected chi connectivity index (χ3v) is 6.53. The number of ether oxygens (including phenoxy) is 1. The van der Waals surface area contributed by atoms with Gasteiger partial charge in [0.2, 0.25) is 0 Å². The second kappa shape index (κ2) is 7.20. The third kappa shape index (κ3) is 3.95. The molecular weight excluding hydrogens is 280 g/mol. The van der Waals surface area contributed by atoms with Crippen LogP contribution in [0.1, 0.15) is 44.9 Å². The van der Waals surface area contributed by atoms with Crippen molar-refractivity contribution in [2.75, 3.05) is 46.4 Å². The van der Waals surface area contributed by atoms with E-state index in [9.17, 15) is 0 Å². The van der Waals surface area contributed by atoms with Gasteiger partial charge in [0.15, 0.2) is 0 Å². The maximum absolute atomic E-state index is 5.63. The molecule has 4 heteroatoms. The van der Waals surface area contributed by atoms with E-state index in [2.05, 4.69) is 16.8 Å². The lowest BCUT2D eigenvalue weighted by molar-refractivity contribution is -0.0495. The number of rotatable bonds is 3. The van der Waals surface area contributed by atoms with Crippen molar-refractivity contribution in [2.45, 2.75) is 55.7 Å². The van der Waals surface area contributed by atoms with Crippen LogP contribution >= 0.6 is 12.6 Å². The van der Waals surface area contributed by atoms with E-state index >= 15 is 0 Å². The Morgan fingerprint density at radius 1 is 1.10 bits per heavy atom. The molecule has 0 saturated carbocycles. The largest absolute Gasteiger partial charge is 0.381 e. The molecule has 1 unspecified atom stereocenters.